The molecule has 5 heteroatoms. The Morgan fingerprint density at radius 3 is 2.26 bits per heavy atom. The number of thiophene rings is 1. The Morgan fingerprint density at radius 1 is 1.04 bits per heavy atom. The van der Waals surface area contributed by atoms with Crippen LogP contribution in [0.25, 0.3) is 0 Å². The zero-order chi connectivity index (χ0) is 16.8. The molecule has 0 aliphatic heterocycles. The smallest absolute Gasteiger partial charge is 0.335 e. The van der Waals surface area contributed by atoms with Gasteiger partial charge in [-0.05, 0) is 50.8 Å². The van der Waals surface area contributed by atoms with Crippen molar-refractivity contribution in [3.63, 3.8) is 0 Å². The van der Waals surface area contributed by atoms with Gasteiger partial charge in [0.1, 0.15) is 0 Å². The Morgan fingerprint density at radius 2 is 1.74 bits per heavy atom. The number of likely N-dealkylation sites (N-methyl/N-ethyl adjacent to an activating group) is 1. The third-order valence-electron chi connectivity index (χ3n) is 3.65. The average molecular weight is 332 g/mol. The molecule has 0 spiro atoms. The highest BCUT2D eigenvalue weighted by atomic mass is 32.1. The van der Waals surface area contributed by atoms with E-state index in [2.05, 4.69) is 43.0 Å². The van der Waals surface area contributed by atoms with Gasteiger partial charge in [0.15, 0.2) is 0 Å². The monoisotopic (exact) mass is 332 g/mol. The van der Waals surface area contributed by atoms with Crippen LogP contribution in [0.2, 0.25) is 0 Å². The van der Waals surface area contributed by atoms with E-state index in [1.54, 1.807) is 12.1 Å². The number of hydrogen-bond acceptors (Lipinski definition) is 4. The molecule has 1 N–H and O–H groups in total. The van der Waals surface area contributed by atoms with E-state index in [-0.39, 0.29) is 0 Å². The summed E-state index contributed by atoms with van der Waals surface area (Å²) < 4.78 is 0. The Balaban J connectivity index is 2.04. The molecule has 0 bridgehead atoms. The van der Waals surface area contributed by atoms with Gasteiger partial charge in [-0.25, -0.2) is 4.79 Å². The van der Waals surface area contributed by atoms with Crippen LogP contribution in [0.15, 0.2) is 36.4 Å². The van der Waals surface area contributed by atoms with Gasteiger partial charge in [0.25, 0.3) is 0 Å². The minimum absolute atomic E-state index is 0.336. The van der Waals surface area contributed by atoms with Crippen LogP contribution < -0.4 is 0 Å². The lowest BCUT2D eigenvalue weighted by atomic mass is 10.1. The molecule has 124 valence electrons. The Hall–Kier alpha value is -1.69. The van der Waals surface area contributed by atoms with E-state index in [4.69, 9.17) is 5.11 Å². The van der Waals surface area contributed by atoms with Crippen LogP contribution in [0.5, 0.6) is 0 Å². The fraction of sp³-hybridized carbons (Fsp3) is 0.389. The van der Waals surface area contributed by atoms with Crippen LogP contribution in [0.1, 0.15) is 25.7 Å². The molecule has 23 heavy (non-hydrogen) atoms. The Kier molecular flexibility index (Phi) is 6.33. The predicted molar refractivity (Wildman–Crippen MR) is 95.1 cm³/mol. The number of carboxylic acid groups (broad SMARTS) is 1. The molecular weight excluding hydrogens is 308 g/mol. The number of benzene rings is 1. The highest BCUT2D eigenvalue weighted by Gasteiger charge is 2.10. The molecule has 0 radical (unpaired) electrons. The largest absolute Gasteiger partial charge is 0.478 e. The maximum Gasteiger partial charge on any atom is 0.335 e. The summed E-state index contributed by atoms with van der Waals surface area (Å²) in [7, 11) is 4.16. The van der Waals surface area contributed by atoms with Gasteiger partial charge in [0, 0.05) is 35.9 Å². The highest BCUT2D eigenvalue weighted by Crippen LogP contribution is 2.18. The first kappa shape index (κ1) is 17.7. The standard InChI is InChI=1S/C18H24N2O2S/c1-14-4-9-17(23-14)13-20(11-10-19(2)3)12-15-5-7-16(8-6-15)18(21)22/h4-9H,10-13H2,1-3H3,(H,21,22). The summed E-state index contributed by atoms with van der Waals surface area (Å²) in [5.74, 6) is -0.880. The van der Waals surface area contributed by atoms with Crippen LogP contribution in [0.3, 0.4) is 0 Å². The van der Waals surface area contributed by atoms with Gasteiger partial charge in [-0.15, -0.1) is 11.3 Å². The van der Waals surface area contributed by atoms with E-state index in [9.17, 15) is 4.79 Å². The van der Waals surface area contributed by atoms with E-state index >= 15 is 0 Å². The summed E-state index contributed by atoms with van der Waals surface area (Å²) in [6.45, 7) is 5.85. The van der Waals surface area contributed by atoms with E-state index in [0.717, 1.165) is 31.7 Å². The molecule has 0 aliphatic rings. The van der Waals surface area contributed by atoms with Crippen LogP contribution in [-0.2, 0) is 13.1 Å². The number of carbonyl (C=O) groups is 1. The summed E-state index contributed by atoms with van der Waals surface area (Å²) in [4.78, 5) is 18.2. The molecule has 1 heterocycles. The number of aryl methyl sites for hydroxylation is 1. The lowest BCUT2D eigenvalue weighted by molar-refractivity contribution is 0.0697. The third-order valence-corrected chi connectivity index (χ3v) is 4.63. The molecular formula is C18H24N2O2S. The summed E-state index contributed by atoms with van der Waals surface area (Å²) in [6.07, 6.45) is 0. The predicted octanol–water partition coefficient (Wildman–Crippen LogP) is 3.32. The Labute approximate surface area is 142 Å². The number of rotatable bonds is 8. The fourth-order valence-electron chi connectivity index (χ4n) is 2.36. The average Bonchev–Trinajstić information content (AvgIpc) is 2.90. The van der Waals surface area contributed by atoms with Crippen molar-refractivity contribution >= 4 is 17.3 Å². The van der Waals surface area contributed by atoms with Crippen molar-refractivity contribution in [1.82, 2.24) is 9.80 Å². The minimum Gasteiger partial charge on any atom is -0.478 e. The van der Waals surface area contributed by atoms with Gasteiger partial charge in [0.05, 0.1) is 5.56 Å². The van der Waals surface area contributed by atoms with E-state index in [1.165, 1.54) is 9.75 Å². The molecule has 0 amide bonds. The quantitative estimate of drug-likeness (QED) is 0.805. The highest BCUT2D eigenvalue weighted by molar-refractivity contribution is 7.11. The number of nitrogens with zero attached hydrogens (tertiary/aromatic N) is 2. The lowest BCUT2D eigenvalue weighted by Gasteiger charge is -2.23. The first-order chi connectivity index (χ1) is 10.9. The van der Waals surface area contributed by atoms with Crippen molar-refractivity contribution in [3.05, 3.63) is 57.3 Å². The fourth-order valence-corrected chi connectivity index (χ4v) is 3.29. The third kappa shape index (κ3) is 5.78. The van der Waals surface area contributed by atoms with Gasteiger partial charge < -0.3 is 10.0 Å². The van der Waals surface area contributed by atoms with Crippen molar-refractivity contribution in [2.45, 2.75) is 20.0 Å². The lowest BCUT2D eigenvalue weighted by Crippen LogP contribution is -2.30. The molecule has 0 unspecified atom stereocenters. The van der Waals surface area contributed by atoms with Gasteiger partial charge in [-0.3, -0.25) is 4.90 Å². The van der Waals surface area contributed by atoms with Crippen LogP contribution in [-0.4, -0.2) is 48.1 Å². The van der Waals surface area contributed by atoms with Crippen molar-refractivity contribution in [3.8, 4) is 0 Å². The first-order valence-corrected chi connectivity index (χ1v) is 8.50. The molecule has 0 saturated heterocycles. The summed E-state index contributed by atoms with van der Waals surface area (Å²) >= 11 is 1.83. The van der Waals surface area contributed by atoms with E-state index in [1.807, 2.05) is 23.5 Å². The second-order valence-corrected chi connectivity index (χ2v) is 7.40. The molecule has 0 saturated carbocycles. The zero-order valence-electron chi connectivity index (χ0n) is 14.0. The molecule has 1 aromatic carbocycles. The topological polar surface area (TPSA) is 43.8 Å². The second kappa shape index (κ2) is 8.24. The van der Waals surface area contributed by atoms with Crippen LogP contribution >= 0.6 is 11.3 Å². The van der Waals surface area contributed by atoms with Gasteiger partial charge in [0.2, 0.25) is 0 Å². The SMILES string of the molecule is Cc1ccc(CN(CCN(C)C)Cc2ccc(C(=O)O)cc2)s1. The minimum atomic E-state index is -0.880. The summed E-state index contributed by atoms with van der Waals surface area (Å²) in [5, 5.41) is 8.99. The molecule has 2 rings (SSSR count). The van der Waals surface area contributed by atoms with E-state index < -0.39 is 5.97 Å². The van der Waals surface area contributed by atoms with Crippen LogP contribution in [0, 0.1) is 6.92 Å². The number of hydrogen-bond donors (Lipinski definition) is 1. The maximum atomic E-state index is 10.9. The van der Waals surface area contributed by atoms with E-state index in [0.29, 0.717) is 5.56 Å². The number of carboxylic acids is 1. The van der Waals surface area contributed by atoms with Crippen molar-refractivity contribution < 1.29 is 9.90 Å². The molecule has 0 fully saturated rings. The van der Waals surface area contributed by atoms with Crippen LogP contribution in [0.4, 0.5) is 0 Å². The molecule has 1 aromatic heterocycles. The first-order valence-electron chi connectivity index (χ1n) is 7.68. The molecule has 0 aliphatic carbocycles. The number of aromatic carboxylic acids is 1. The summed E-state index contributed by atoms with van der Waals surface area (Å²) in [6, 6.07) is 11.5. The normalized spacial score (nSPS) is 11.3. The van der Waals surface area contributed by atoms with Crippen molar-refractivity contribution in [1.29, 1.82) is 0 Å². The summed E-state index contributed by atoms with van der Waals surface area (Å²) in [5.41, 5.74) is 1.48. The Bertz CT molecular complexity index is 635. The van der Waals surface area contributed by atoms with Gasteiger partial charge in [-0.1, -0.05) is 12.1 Å². The second-order valence-electron chi connectivity index (χ2n) is 6.03. The molecule has 2 aromatic rings. The molecule has 0 atom stereocenters. The molecule has 4 nitrogen and oxygen atoms in total. The maximum absolute atomic E-state index is 10.9. The van der Waals surface area contributed by atoms with Crippen molar-refractivity contribution in [2.24, 2.45) is 0 Å². The van der Waals surface area contributed by atoms with Gasteiger partial charge in [-0.2, -0.15) is 0 Å². The van der Waals surface area contributed by atoms with Crippen molar-refractivity contribution in [2.75, 3.05) is 27.2 Å². The van der Waals surface area contributed by atoms with Gasteiger partial charge >= 0.3 is 5.97 Å². The zero-order valence-corrected chi connectivity index (χ0v) is 14.8.